The Labute approximate surface area is 91.3 Å². The van der Waals surface area contributed by atoms with Crippen molar-refractivity contribution < 1.29 is 19.1 Å². The molecule has 84 valence electrons. The van der Waals surface area contributed by atoms with Crippen LogP contribution in [-0.2, 0) is 4.79 Å². The summed E-state index contributed by atoms with van der Waals surface area (Å²) in [5, 5.41) is 8.68. The average molecular weight is 223 g/mol. The number of carbonyl (C=O) groups is 2. The number of ketones is 1. The van der Waals surface area contributed by atoms with Gasteiger partial charge in [0.1, 0.15) is 5.82 Å². The number of para-hydroxylation sites is 1. The summed E-state index contributed by atoms with van der Waals surface area (Å²) >= 11 is 0. The summed E-state index contributed by atoms with van der Waals surface area (Å²) < 4.78 is 13.5. The van der Waals surface area contributed by atoms with Crippen LogP contribution in [0.1, 0.15) is 16.8 Å². The van der Waals surface area contributed by atoms with Gasteiger partial charge in [0, 0.05) is 13.2 Å². The molecule has 2 rings (SSSR count). The van der Waals surface area contributed by atoms with Crippen LogP contribution in [0.15, 0.2) is 18.2 Å². The lowest BCUT2D eigenvalue weighted by molar-refractivity contribution is -0.114. The Bertz CT molecular complexity index is 459. The number of anilines is 1. The van der Waals surface area contributed by atoms with Gasteiger partial charge in [-0.05, 0) is 18.6 Å². The highest BCUT2D eigenvalue weighted by atomic mass is 19.1. The van der Waals surface area contributed by atoms with Crippen molar-refractivity contribution in [2.24, 2.45) is 0 Å². The van der Waals surface area contributed by atoms with Crippen LogP contribution in [0, 0.1) is 5.82 Å². The standard InChI is InChI=1S/C11H10FNO3/c12-8-4-1-3-7-9(8)13(5-2-6-14)11(16)10(7)15/h1,3-4,14H,2,5-6H2. The highest BCUT2D eigenvalue weighted by molar-refractivity contribution is 6.52. The van der Waals surface area contributed by atoms with Gasteiger partial charge in [-0.1, -0.05) is 6.07 Å². The third kappa shape index (κ3) is 1.49. The number of halogens is 1. The zero-order valence-corrected chi connectivity index (χ0v) is 8.44. The number of fused-ring (bicyclic) bond motifs is 1. The number of aliphatic hydroxyl groups is 1. The van der Waals surface area contributed by atoms with Gasteiger partial charge in [-0.3, -0.25) is 9.59 Å². The number of nitrogens with zero attached hydrogens (tertiary/aromatic N) is 1. The molecule has 0 saturated carbocycles. The summed E-state index contributed by atoms with van der Waals surface area (Å²) in [7, 11) is 0. The fourth-order valence-electron chi connectivity index (χ4n) is 1.75. The second kappa shape index (κ2) is 4.02. The van der Waals surface area contributed by atoms with Gasteiger partial charge in [0.05, 0.1) is 11.3 Å². The van der Waals surface area contributed by atoms with E-state index in [1.54, 1.807) is 0 Å². The molecule has 1 amide bonds. The maximum absolute atomic E-state index is 13.5. The van der Waals surface area contributed by atoms with Crippen molar-refractivity contribution in [1.29, 1.82) is 0 Å². The number of hydrogen-bond donors (Lipinski definition) is 1. The second-order valence-corrected chi connectivity index (χ2v) is 3.50. The molecule has 16 heavy (non-hydrogen) atoms. The molecule has 0 saturated heterocycles. The van der Waals surface area contributed by atoms with E-state index in [1.165, 1.54) is 18.2 Å². The Kier molecular flexibility index (Phi) is 2.70. The highest BCUT2D eigenvalue weighted by Gasteiger charge is 2.37. The van der Waals surface area contributed by atoms with E-state index in [9.17, 15) is 14.0 Å². The number of Topliss-reactive ketones (excluding diaryl/α,β-unsaturated/α-hetero) is 1. The molecule has 0 aromatic heterocycles. The molecule has 0 radical (unpaired) electrons. The van der Waals surface area contributed by atoms with Crippen LogP contribution in [0.3, 0.4) is 0 Å². The van der Waals surface area contributed by atoms with Crippen molar-refractivity contribution in [2.45, 2.75) is 6.42 Å². The first-order valence-electron chi connectivity index (χ1n) is 4.92. The summed E-state index contributed by atoms with van der Waals surface area (Å²) in [6.07, 6.45) is 0.312. The molecular formula is C11H10FNO3. The van der Waals surface area contributed by atoms with Gasteiger partial charge in [-0.15, -0.1) is 0 Å². The fraction of sp³-hybridized carbons (Fsp3) is 0.273. The fourth-order valence-corrected chi connectivity index (χ4v) is 1.75. The Morgan fingerprint density at radius 1 is 1.31 bits per heavy atom. The first-order valence-corrected chi connectivity index (χ1v) is 4.92. The van der Waals surface area contributed by atoms with Gasteiger partial charge >= 0.3 is 0 Å². The number of aliphatic hydroxyl groups excluding tert-OH is 1. The summed E-state index contributed by atoms with van der Waals surface area (Å²) in [6.45, 7) is 0.0385. The molecule has 5 heteroatoms. The first kappa shape index (κ1) is 10.8. The monoisotopic (exact) mass is 223 g/mol. The molecular weight excluding hydrogens is 213 g/mol. The Hall–Kier alpha value is -1.75. The van der Waals surface area contributed by atoms with E-state index in [0.717, 1.165) is 4.90 Å². The Balaban J connectivity index is 2.43. The number of carbonyl (C=O) groups excluding carboxylic acids is 2. The number of hydrogen-bond acceptors (Lipinski definition) is 3. The SMILES string of the molecule is O=C1C(=O)N(CCCO)c2c(F)cccc21. The van der Waals surface area contributed by atoms with Crippen molar-refractivity contribution in [2.75, 3.05) is 18.1 Å². The molecule has 0 fully saturated rings. The van der Waals surface area contributed by atoms with E-state index in [0.29, 0.717) is 6.42 Å². The summed E-state index contributed by atoms with van der Waals surface area (Å²) in [5.74, 6) is -2.00. The minimum atomic E-state index is -0.728. The molecule has 0 aliphatic carbocycles. The Morgan fingerprint density at radius 2 is 2.06 bits per heavy atom. The number of amides is 1. The summed E-state index contributed by atoms with van der Waals surface area (Å²) in [4.78, 5) is 24.1. The molecule has 1 aromatic rings. The lowest BCUT2D eigenvalue weighted by atomic mass is 10.1. The minimum absolute atomic E-state index is 0.0333. The van der Waals surface area contributed by atoms with Crippen molar-refractivity contribution in [3.63, 3.8) is 0 Å². The molecule has 0 bridgehead atoms. The molecule has 1 aliphatic rings. The van der Waals surface area contributed by atoms with Gasteiger partial charge in [0.25, 0.3) is 11.7 Å². The maximum atomic E-state index is 13.5. The van der Waals surface area contributed by atoms with E-state index in [2.05, 4.69) is 0 Å². The van der Waals surface area contributed by atoms with Crippen LogP contribution in [0.25, 0.3) is 0 Å². The van der Waals surface area contributed by atoms with Gasteiger partial charge < -0.3 is 10.0 Å². The second-order valence-electron chi connectivity index (χ2n) is 3.50. The third-order valence-electron chi connectivity index (χ3n) is 2.48. The van der Waals surface area contributed by atoms with Gasteiger partial charge in [-0.25, -0.2) is 4.39 Å². The third-order valence-corrected chi connectivity index (χ3v) is 2.48. The molecule has 4 nitrogen and oxygen atoms in total. The quantitative estimate of drug-likeness (QED) is 0.769. The van der Waals surface area contributed by atoms with Crippen molar-refractivity contribution in [1.82, 2.24) is 0 Å². The molecule has 0 atom stereocenters. The molecule has 1 aliphatic heterocycles. The van der Waals surface area contributed by atoms with Crippen LogP contribution >= 0.6 is 0 Å². The largest absolute Gasteiger partial charge is 0.396 e. The van der Waals surface area contributed by atoms with Gasteiger partial charge in [-0.2, -0.15) is 0 Å². The van der Waals surface area contributed by atoms with Crippen molar-refractivity contribution in [3.8, 4) is 0 Å². The average Bonchev–Trinajstić information content (AvgIpc) is 2.52. The topological polar surface area (TPSA) is 57.6 Å². The van der Waals surface area contributed by atoms with Crippen molar-refractivity contribution >= 4 is 17.4 Å². The number of benzene rings is 1. The van der Waals surface area contributed by atoms with E-state index < -0.39 is 17.5 Å². The normalized spacial score (nSPS) is 14.5. The summed E-state index contributed by atoms with van der Waals surface area (Å²) in [6, 6.07) is 4.03. The number of rotatable bonds is 3. The maximum Gasteiger partial charge on any atom is 0.299 e. The zero-order chi connectivity index (χ0) is 11.7. The lowest BCUT2D eigenvalue weighted by Crippen LogP contribution is -2.31. The molecule has 1 aromatic carbocycles. The van der Waals surface area contributed by atoms with Crippen LogP contribution in [0.5, 0.6) is 0 Å². The molecule has 0 spiro atoms. The van der Waals surface area contributed by atoms with Gasteiger partial charge in [0.15, 0.2) is 0 Å². The van der Waals surface area contributed by atoms with E-state index in [1.807, 2.05) is 0 Å². The van der Waals surface area contributed by atoms with Crippen molar-refractivity contribution in [3.05, 3.63) is 29.6 Å². The van der Waals surface area contributed by atoms with Crippen LogP contribution in [0.2, 0.25) is 0 Å². The zero-order valence-electron chi connectivity index (χ0n) is 8.44. The van der Waals surface area contributed by atoms with Crippen LogP contribution in [0.4, 0.5) is 10.1 Å². The highest BCUT2D eigenvalue weighted by Crippen LogP contribution is 2.31. The van der Waals surface area contributed by atoms with Gasteiger partial charge in [0.2, 0.25) is 0 Å². The molecule has 1 N–H and O–H groups in total. The smallest absolute Gasteiger partial charge is 0.299 e. The van der Waals surface area contributed by atoms with E-state index in [-0.39, 0.29) is 24.4 Å². The Morgan fingerprint density at radius 3 is 2.75 bits per heavy atom. The van der Waals surface area contributed by atoms with Crippen LogP contribution < -0.4 is 4.90 Å². The molecule has 0 unspecified atom stereocenters. The lowest BCUT2D eigenvalue weighted by Gasteiger charge is -2.15. The molecule has 1 heterocycles. The first-order chi connectivity index (χ1) is 7.66. The minimum Gasteiger partial charge on any atom is -0.396 e. The van der Waals surface area contributed by atoms with Crippen LogP contribution in [-0.4, -0.2) is 29.9 Å². The van der Waals surface area contributed by atoms with E-state index >= 15 is 0 Å². The predicted octanol–water partition coefficient (Wildman–Crippen LogP) is 0.737. The predicted molar refractivity (Wildman–Crippen MR) is 54.8 cm³/mol. The van der Waals surface area contributed by atoms with E-state index in [4.69, 9.17) is 5.11 Å². The summed E-state index contributed by atoms with van der Waals surface area (Å²) in [5.41, 5.74) is 0.133.